The van der Waals surface area contributed by atoms with Crippen LogP contribution in [-0.4, -0.2) is 24.5 Å². The molecule has 0 aliphatic rings. The SMILES string of the molecule is CCc1c(C)nc2sc(C=O)c(N)c2c1C.COC(C)C. The van der Waals surface area contributed by atoms with Crippen molar-refractivity contribution in [1.82, 2.24) is 4.98 Å². The van der Waals surface area contributed by atoms with E-state index in [4.69, 9.17) is 10.5 Å². The van der Waals surface area contributed by atoms with Gasteiger partial charge in [0.2, 0.25) is 0 Å². The van der Waals surface area contributed by atoms with E-state index in [2.05, 4.69) is 11.9 Å². The molecule has 0 atom stereocenters. The highest BCUT2D eigenvalue weighted by Crippen LogP contribution is 2.35. The quantitative estimate of drug-likeness (QED) is 0.873. The minimum absolute atomic E-state index is 0.384. The number of nitrogens with zero attached hydrogens (tertiary/aromatic N) is 1. The Bertz CT molecular complexity index is 633. The smallest absolute Gasteiger partial charge is 0.162 e. The number of pyridine rings is 1. The number of hydrogen-bond donors (Lipinski definition) is 1. The van der Waals surface area contributed by atoms with E-state index in [0.717, 1.165) is 34.2 Å². The van der Waals surface area contributed by atoms with Gasteiger partial charge in [0.05, 0.1) is 16.7 Å². The maximum atomic E-state index is 10.9. The van der Waals surface area contributed by atoms with Crippen molar-refractivity contribution in [3.8, 4) is 0 Å². The number of hydrogen-bond acceptors (Lipinski definition) is 5. The number of aryl methyl sites for hydroxylation is 2. The highest BCUT2D eigenvalue weighted by molar-refractivity contribution is 7.20. The van der Waals surface area contributed by atoms with Crippen molar-refractivity contribution in [2.24, 2.45) is 0 Å². The molecule has 0 amide bonds. The van der Waals surface area contributed by atoms with E-state index in [1.165, 1.54) is 16.9 Å². The van der Waals surface area contributed by atoms with Crippen LogP contribution in [0, 0.1) is 13.8 Å². The lowest BCUT2D eigenvalue weighted by molar-refractivity contribution is 0.112. The number of aromatic nitrogens is 1. The van der Waals surface area contributed by atoms with Crippen molar-refractivity contribution in [2.75, 3.05) is 12.8 Å². The first-order valence-electron chi connectivity index (χ1n) is 7.03. The van der Waals surface area contributed by atoms with E-state index in [0.29, 0.717) is 16.7 Å². The van der Waals surface area contributed by atoms with Crippen molar-refractivity contribution < 1.29 is 9.53 Å². The summed E-state index contributed by atoms with van der Waals surface area (Å²) in [5.74, 6) is 0. The van der Waals surface area contributed by atoms with Crippen LogP contribution in [0.1, 0.15) is 47.3 Å². The zero-order valence-corrected chi connectivity index (χ0v) is 14.4. The monoisotopic (exact) mass is 308 g/mol. The topological polar surface area (TPSA) is 65.2 Å². The first-order valence-corrected chi connectivity index (χ1v) is 7.84. The van der Waals surface area contributed by atoms with Crippen LogP contribution in [0.2, 0.25) is 0 Å². The minimum Gasteiger partial charge on any atom is -0.397 e. The number of ether oxygens (including phenoxy) is 1. The van der Waals surface area contributed by atoms with Gasteiger partial charge in [-0.25, -0.2) is 4.98 Å². The molecule has 0 aromatic carbocycles. The Morgan fingerprint density at radius 2 is 1.95 bits per heavy atom. The third kappa shape index (κ3) is 3.80. The molecule has 0 saturated heterocycles. The van der Waals surface area contributed by atoms with Gasteiger partial charge in [-0.1, -0.05) is 6.92 Å². The molecule has 0 fully saturated rings. The Balaban J connectivity index is 0.000000383. The second-order valence-corrected chi connectivity index (χ2v) is 6.15. The number of carbonyl (C=O) groups is 1. The molecule has 0 aliphatic heterocycles. The van der Waals surface area contributed by atoms with E-state index < -0.39 is 0 Å². The number of nitrogen functional groups attached to an aromatic ring is 1. The van der Waals surface area contributed by atoms with E-state index in [-0.39, 0.29) is 0 Å². The number of fused-ring (bicyclic) bond motifs is 1. The molecule has 2 heterocycles. The molecule has 0 spiro atoms. The molecule has 0 aliphatic carbocycles. The Morgan fingerprint density at radius 3 is 2.38 bits per heavy atom. The highest BCUT2D eigenvalue weighted by atomic mass is 32.1. The van der Waals surface area contributed by atoms with Crippen LogP contribution in [0.3, 0.4) is 0 Å². The summed E-state index contributed by atoms with van der Waals surface area (Å²) in [6, 6.07) is 0. The maximum absolute atomic E-state index is 10.9. The number of nitrogens with two attached hydrogens (primary N) is 1. The van der Waals surface area contributed by atoms with Crippen molar-refractivity contribution in [2.45, 2.75) is 47.1 Å². The fourth-order valence-corrected chi connectivity index (χ4v) is 3.16. The lowest BCUT2D eigenvalue weighted by Crippen LogP contribution is -1.97. The van der Waals surface area contributed by atoms with Crippen LogP contribution in [0.5, 0.6) is 0 Å². The third-order valence-electron chi connectivity index (χ3n) is 3.42. The van der Waals surface area contributed by atoms with E-state index in [1.807, 2.05) is 27.7 Å². The predicted molar refractivity (Wildman–Crippen MR) is 90.4 cm³/mol. The molecule has 2 N–H and O–H groups in total. The van der Waals surface area contributed by atoms with Gasteiger partial charge < -0.3 is 10.5 Å². The van der Waals surface area contributed by atoms with Crippen LogP contribution in [0.4, 0.5) is 5.69 Å². The number of carbonyl (C=O) groups excluding carboxylic acids is 1. The summed E-state index contributed by atoms with van der Waals surface area (Å²) in [6.07, 6.45) is 2.13. The molecule has 2 aromatic heterocycles. The number of anilines is 1. The zero-order valence-electron chi connectivity index (χ0n) is 13.6. The van der Waals surface area contributed by atoms with Crippen LogP contribution < -0.4 is 5.73 Å². The van der Waals surface area contributed by atoms with E-state index >= 15 is 0 Å². The van der Waals surface area contributed by atoms with Crippen molar-refractivity contribution >= 4 is 33.5 Å². The van der Waals surface area contributed by atoms with Crippen LogP contribution in [-0.2, 0) is 11.2 Å². The first-order chi connectivity index (χ1) is 9.87. The molecule has 0 unspecified atom stereocenters. The second-order valence-electron chi connectivity index (χ2n) is 5.12. The van der Waals surface area contributed by atoms with E-state index in [1.54, 1.807) is 7.11 Å². The second kappa shape index (κ2) is 7.52. The number of aldehydes is 1. The number of thiophene rings is 1. The minimum atomic E-state index is 0.384. The summed E-state index contributed by atoms with van der Waals surface area (Å²) >= 11 is 1.37. The molecule has 21 heavy (non-hydrogen) atoms. The molecule has 5 heteroatoms. The Hall–Kier alpha value is -1.46. The van der Waals surface area contributed by atoms with Crippen molar-refractivity contribution in [1.29, 1.82) is 0 Å². The molecular formula is C16H24N2O2S. The van der Waals surface area contributed by atoms with Crippen LogP contribution >= 0.6 is 11.3 Å². The average Bonchev–Trinajstić information content (AvgIpc) is 2.76. The van der Waals surface area contributed by atoms with Gasteiger partial charge in [0, 0.05) is 18.2 Å². The molecule has 2 aromatic rings. The van der Waals surface area contributed by atoms with Gasteiger partial charge in [-0.3, -0.25) is 4.79 Å². The molecule has 0 bridgehead atoms. The molecule has 4 nitrogen and oxygen atoms in total. The lowest BCUT2D eigenvalue weighted by Gasteiger charge is -2.08. The van der Waals surface area contributed by atoms with Crippen LogP contribution in [0.15, 0.2) is 0 Å². The van der Waals surface area contributed by atoms with Crippen molar-refractivity contribution in [3.63, 3.8) is 0 Å². The van der Waals surface area contributed by atoms with Crippen molar-refractivity contribution in [3.05, 3.63) is 21.7 Å². The van der Waals surface area contributed by atoms with Gasteiger partial charge in [0.25, 0.3) is 0 Å². The standard InChI is InChI=1S/C12H14N2OS.C4H10O/c1-4-8-6(2)10-11(13)9(5-15)16-12(10)14-7(8)3;1-4(2)5-3/h5H,4,13H2,1-3H3;4H,1-3H3. The van der Waals surface area contributed by atoms with Gasteiger partial charge in [-0.2, -0.15) is 0 Å². The third-order valence-corrected chi connectivity index (χ3v) is 4.45. The molecule has 0 radical (unpaired) electrons. The van der Waals surface area contributed by atoms with Gasteiger partial charge in [0.15, 0.2) is 6.29 Å². The maximum Gasteiger partial charge on any atom is 0.162 e. The molecule has 0 saturated carbocycles. The molecule has 116 valence electrons. The normalized spacial score (nSPS) is 10.6. The van der Waals surface area contributed by atoms with Crippen LogP contribution in [0.25, 0.3) is 10.2 Å². The van der Waals surface area contributed by atoms with Gasteiger partial charge in [-0.15, -0.1) is 11.3 Å². The lowest BCUT2D eigenvalue weighted by atomic mass is 10.0. The van der Waals surface area contributed by atoms with Gasteiger partial charge in [-0.05, 0) is 45.2 Å². The average molecular weight is 308 g/mol. The first kappa shape index (κ1) is 17.6. The Kier molecular flexibility index (Phi) is 6.30. The largest absolute Gasteiger partial charge is 0.397 e. The summed E-state index contributed by atoms with van der Waals surface area (Å²) in [5.41, 5.74) is 9.97. The summed E-state index contributed by atoms with van der Waals surface area (Å²) in [6.45, 7) is 10.2. The van der Waals surface area contributed by atoms with Gasteiger partial charge in [0.1, 0.15) is 4.83 Å². The summed E-state index contributed by atoms with van der Waals surface area (Å²) in [7, 11) is 1.70. The van der Waals surface area contributed by atoms with Gasteiger partial charge >= 0.3 is 0 Å². The summed E-state index contributed by atoms with van der Waals surface area (Å²) < 4.78 is 4.75. The Morgan fingerprint density at radius 1 is 1.38 bits per heavy atom. The highest BCUT2D eigenvalue weighted by Gasteiger charge is 2.15. The fraction of sp³-hybridized carbons (Fsp3) is 0.500. The number of rotatable bonds is 3. The summed E-state index contributed by atoms with van der Waals surface area (Å²) in [5, 5.41) is 0.953. The fourth-order valence-electron chi connectivity index (χ4n) is 2.14. The predicted octanol–water partition coefficient (Wildman–Crippen LogP) is 3.91. The zero-order chi connectivity index (χ0) is 16.2. The number of methoxy groups -OCH3 is 1. The Labute approximate surface area is 130 Å². The summed E-state index contributed by atoms with van der Waals surface area (Å²) in [4.78, 5) is 16.8. The van der Waals surface area contributed by atoms with E-state index in [9.17, 15) is 4.79 Å². The molecular weight excluding hydrogens is 284 g/mol. The molecule has 2 rings (SSSR count).